The van der Waals surface area contributed by atoms with Crippen molar-refractivity contribution in [2.75, 3.05) is 33.2 Å². The molecule has 2 aliphatic rings. The number of nitrogens with zero attached hydrogens (tertiary/aromatic N) is 2. The predicted octanol–water partition coefficient (Wildman–Crippen LogP) is 3.98. The zero-order valence-electron chi connectivity index (χ0n) is 18.7. The molecule has 31 heavy (non-hydrogen) atoms. The first-order chi connectivity index (χ1) is 14.5. The number of benzene rings is 1. The van der Waals surface area contributed by atoms with Gasteiger partial charge in [0.2, 0.25) is 5.91 Å². The van der Waals surface area contributed by atoms with E-state index in [-0.39, 0.29) is 34.6 Å². The summed E-state index contributed by atoms with van der Waals surface area (Å²) < 4.78 is 15.7. The highest BCUT2D eigenvalue weighted by Crippen LogP contribution is 2.40. The lowest BCUT2D eigenvalue weighted by atomic mass is 9.85. The molecule has 9 heteroatoms. The van der Waals surface area contributed by atoms with Gasteiger partial charge < -0.3 is 14.9 Å². The third-order valence-electron chi connectivity index (χ3n) is 6.26. The van der Waals surface area contributed by atoms with Gasteiger partial charge >= 0.3 is 0 Å². The van der Waals surface area contributed by atoms with E-state index in [0.717, 1.165) is 32.4 Å². The molecule has 0 bridgehead atoms. The van der Waals surface area contributed by atoms with E-state index in [9.17, 15) is 14.1 Å². The summed E-state index contributed by atoms with van der Waals surface area (Å²) in [5.41, 5.74) is 0.592. The molecule has 6 nitrogen and oxygen atoms in total. The molecule has 3 atom stereocenters. The first-order valence-electron chi connectivity index (χ1n) is 10.8. The van der Waals surface area contributed by atoms with E-state index in [4.69, 9.17) is 23.2 Å². The molecule has 2 aliphatic heterocycles. The van der Waals surface area contributed by atoms with E-state index < -0.39 is 15.7 Å². The number of nitrogens with one attached hydrogen (secondary N) is 1. The number of aromatic hydroxyl groups is 1. The monoisotopic (exact) mass is 489 g/mol. The number of phenols is 1. The van der Waals surface area contributed by atoms with Crippen LogP contribution in [0.1, 0.15) is 51.6 Å². The van der Waals surface area contributed by atoms with E-state index >= 15 is 0 Å². The average Bonchev–Trinajstić information content (AvgIpc) is 3.14. The first-order valence-corrected chi connectivity index (χ1v) is 12.7. The SMILES string of the molecule is CN1CC[C@H](C(=O)N2CCC([C@@H](N[S@@](=O)C(C)(C)C)c3cc(Cl)c(Cl)cc3O)CC2)C1. The lowest BCUT2D eigenvalue weighted by Crippen LogP contribution is -2.46. The quantitative estimate of drug-likeness (QED) is 0.655. The summed E-state index contributed by atoms with van der Waals surface area (Å²) in [6.45, 7) is 8.82. The maximum Gasteiger partial charge on any atom is 0.227 e. The standard InChI is InChI=1S/C22H33Cl2N3O3S/c1-22(2,3)31(30)25-20(16-11-17(23)18(24)12-19(16)28)14-6-9-27(10-7-14)21(29)15-5-8-26(4)13-15/h11-12,14-15,20,25,28H,5-10,13H2,1-4H3/t15-,20+,31-/m0/s1. The molecule has 0 aliphatic carbocycles. The largest absolute Gasteiger partial charge is 0.508 e. The molecule has 0 unspecified atom stereocenters. The Hall–Kier alpha value is -0.860. The van der Waals surface area contributed by atoms with E-state index in [2.05, 4.69) is 16.7 Å². The number of phenolic OH excluding ortho intramolecular Hbond substituents is 1. The second-order valence-corrected chi connectivity index (χ2v) is 12.5. The van der Waals surface area contributed by atoms with Gasteiger partial charge in [-0.1, -0.05) is 23.2 Å². The van der Waals surface area contributed by atoms with Gasteiger partial charge in [0, 0.05) is 31.3 Å². The molecule has 0 spiro atoms. The molecule has 3 rings (SSSR count). The van der Waals surface area contributed by atoms with Crippen LogP contribution in [-0.4, -0.2) is 63.0 Å². The molecule has 0 radical (unpaired) electrons. The first kappa shape index (κ1) is 24.8. The van der Waals surface area contributed by atoms with Crippen molar-refractivity contribution < 1.29 is 14.1 Å². The number of hydrogen-bond acceptors (Lipinski definition) is 4. The van der Waals surface area contributed by atoms with Crippen LogP contribution in [-0.2, 0) is 15.8 Å². The van der Waals surface area contributed by atoms with Crippen LogP contribution >= 0.6 is 23.2 Å². The lowest BCUT2D eigenvalue weighted by Gasteiger charge is -2.38. The third-order valence-corrected chi connectivity index (χ3v) is 8.56. The van der Waals surface area contributed by atoms with E-state index in [1.165, 1.54) is 6.07 Å². The van der Waals surface area contributed by atoms with Gasteiger partial charge in [0.25, 0.3) is 0 Å². The number of rotatable bonds is 5. The zero-order valence-corrected chi connectivity index (χ0v) is 21.0. The molecule has 2 heterocycles. The molecule has 0 aromatic heterocycles. The lowest BCUT2D eigenvalue weighted by molar-refractivity contribution is -0.136. The molecule has 174 valence electrons. The minimum atomic E-state index is -1.34. The molecule has 2 fully saturated rings. The highest BCUT2D eigenvalue weighted by atomic mass is 35.5. The van der Waals surface area contributed by atoms with Crippen LogP contribution in [0.4, 0.5) is 0 Å². The van der Waals surface area contributed by atoms with Gasteiger partial charge in [0.1, 0.15) is 5.75 Å². The van der Waals surface area contributed by atoms with E-state index in [1.807, 2.05) is 25.7 Å². The second-order valence-electron chi connectivity index (χ2n) is 9.71. The van der Waals surface area contributed by atoms with Crippen LogP contribution in [0.5, 0.6) is 5.75 Å². The predicted molar refractivity (Wildman–Crippen MR) is 127 cm³/mol. The van der Waals surface area contributed by atoms with Crippen molar-refractivity contribution in [3.05, 3.63) is 27.7 Å². The van der Waals surface area contributed by atoms with Crippen molar-refractivity contribution in [2.45, 2.75) is 50.8 Å². The second kappa shape index (κ2) is 9.96. The number of amides is 1. The summed E-state index contributed by atoms with van der Waals surface area (Å²) in [5, 5.41) is 11.2. The summed E-state index contributed by atoms with van der Waals surface area (Å²) in [7, 11) is 0.714. The van der Waals surface area contributed by atoms with Gasteiger partial charge in [-0.25, -0.2) is 8.93 Å². The molecule has 0 saturated carbocycles. The fourth-order valence-corrected chi connectivity index (χ4v) is 5.59. The number of carbonyl (C=O) groups excluding carboxylic acids is 1. The summed E-state index contributed by atoms with van der Waals surface area (Å²) >= 11 is 12.3. The van der Waals surface area contributed by atoms with Crippen molar-refractivity contribution in [3.8, 4) is 5.75 Å². The van der Waals surface area contributed by atoms with Crippen molar-refractivity contribution in [1.82, 2.24) is 14.5 Å². The summed E-state index contributed by atoms with van der Waals surface area (Å²) in [4.78, 5) is 17.1. The molecule has 2 saturated heterocycles. The highest BCUT2D eigenvalue weighted by Gasteiger charge is 2.36. The van der Waals surface area contributed by atoms with Crippen LogP contribution < -0.4 is 4.72 Å². The van der Waals surface area contributed by atoms with Gasteiger partial charge in [-0.2, -0.15) is 0 Å². The number of carbonyl (C=O) groups is 1. The number of likely N-dealkylation sites (tertiary alicyclic amines) is 2. The Morgan fingerprint density at radius 2 is 1.77 bits per heavy atom. The normalized spacial score (nSPS) is 23.2. The molecule has 1 amide bonds. The van der Waals surface area contributed by atoms with E-state index in [1.54, 1.807) is 6.07 Å². The summed E-state index contributed by atoms with van der Waals surface area (Å²) in [5.74, 6) is 0.459. The molecule has 2 N–H and O–H groups in total. The topological polar surface area (TPSA) is 72.9 Å². The third kappa shape index (κ3) is 5.93. The zero-order chi connectivity index (χ0) is 22.9. The van der Waals surface area contributed by atoms with Crippen LogP contribution in [0.15, 0.2) is 12.1 Å². The van der Waals surface area contributed by atoms with Crippen molar-refractivity contribution in [1.29, 1.82) is 0 Å². The van der Waals surface area contributed by atoms with Crippen molar-refractivity contribution >= 4 is 40.1 Å². The fourth-order valence-electron chi connectivity index (χ4n) is 4.35. The average molecular weight is 490 g/mol. The maximum absolute atomic E-state index is 12.9. The minimum Gasteiger partial charge on any atom is -0.508 e. The Morgan fingerprint density at radius 3 is 2.32 bits per heavy atom. The van der Waals surface area contributed by atoms with E-state index in [0.29, 0.717) is 23.7 Å². The smallest absolute Gasteiger partial charge is 0.227 e. The molecular weight excluding hydrogens is 457 g/mol. The van der Waals surface area contributed by atoms with Gasteiger partial charge in [-0.3, -0.25) is 4.79 Å². The Labute approximate surface area is 197 Å². The van der Waals surface area contributed by atoms with Gasteiger partial charge in [-0.15, -0.1) is 0 Å². The van der Waals surface area contributed by atoms with Gasteiger partial charge in [0.05, 0.1) is 37.7 Å². The Kier molecular flexibility index (Phi) is 7.96. The minimum absolute atomic E-state index is 0.0327. The van der Waals surface area contributed by atoms with Crippen LogP contribution in [0.3, 0.4) is 0 Å². The molecular formula is C22H33Cl2N3O3S. The van der Waals surface area contributed by atoms with Crippen molar-refractivity contribution in [2.24, 2.45) is 11.8 Å². The van der Waals surface area contributed by atoms with Crippen LogP contribution in [0.25, 0.3) is 0 Å². The number of halogens is 2. The molecule has 1 aromatic carbocycles. The number of hydrogen-bond donors (Lipinski definition) is 2. The highest BCUT2D eigenvalue weighted by molar-refractivity contribution is 7.84. The summed E-state index contributed by atoms with van der Waals surface area (Å²) in [6, 6.07) is 2.73. The fraction of sp³-hybridized carbons (Fsp3) is 0.682. The van der Waals surface area contributed by atoms with Crippen LogP contribution in [0.2, 0.25) is 10.0 Å². The molecule has 1 aromatic rings. The summed E-state index contributed by atoms with van der Waals surface area (Å²) in [6.07, 6.45) is 2.43. The Bertz CT molecular complexity index is 838. The van der Waals surface area contributed by atoms with Gasteiger partial charge in [-0.05, 0) is 65.6 Å². The van der Waals surface area contributed by atoms with Crippen LogP contribution in [0, 0.1) is 11.8 Å². The maximum atomic E-state index is 12.9. The number of piperidine rings is 1. The van der Waals surface area contributed by atoms with Crippen molar-refractivity contribution in [3.63, 3.8) is 0 Å². The Balaban J connectivity index is 1.77. The Morgan fingerprint density at radius 1 is 1.16 bits per heavy atom. The van der Waals surface area contributed by atoms with Gasteiger partial charge in [0.15, 0.2) is 0 Å².